The second-order valence-corrected chi connectivity index (χ2v) is 6.85. The highest BCUT2D eigenvalue weighted by Gasteiger charge is 2.11. The molecule has 0 saturated carbocycles. The molecule has 31 heavy (non-hydrogen) atoms. The molecule has 2 amide bonds. The van der Waals surface area contributed by atoms with Crippen LogP contribution in [0.25, 0.3) is 0 Å². The van der Waals surface area contributed by atoms with Crippen molar-refractivity contribution < 1.29 is 23.9 Å². The van der Waals surface area contributed by atoms with Crippen molar-refractivity contribution in [1.29, 1.82) is 0 Å². The zero-order valence-electron chi connectivity index (χ0n) is 16.6. The zero-order chi connectivity index (χ0) is 22.2. The third-order valence-corrected chi connectivity index (χ3v) is 4.29. The van der Waals surface area contributed by atoms with Gasteiger partial charge in [0.2, 0.25) is 5.91 Å². The van der Waals surface area contributed by atoms with Gasteiger partial charge in [0.25, 0.3) is 5.91 Å². The van der Waals surface area contributed by atoms with Gasteiger partial charge in [0, 0.05) is 18.3 Å². The van der Waals surface area contributed by atoms with E-state index in [1.165, 1.54) is 19.1 Å². The zero-order valence-corrected chi connectivity index (χ0v) is 17.3. The smallest absolute Gasteiger partial charge is 0.338 e. The van der Waals surface area contributed by atoms with E-state index in [1.807, 2.05) is 12.1 Å². The molecule has 0 unspecified atom stereocenters. The lowest BCUT2D eigenvalue weighted by atomic mass is 10.2. The Morgan fingerprint density at radius 1 is 0.839 bits per heavy atom. The number of carbonyl (C=O) groups excluding carboxylic acids is 3. The van der Waals surface area contributed by atoms with Crippen LogP contribution in [-0.2, 0) is 14.3 Å². The molecule has 0 aliphatic rings. The molecule has 0 saturated heterocycles. The lowest BCUT2D eigenvalue weighted by Crippen LogP contribution is -2.20. The molecule has 3 aromatic carbocycles. The van der Waals surface area contributed by atoms with Crippen LogP contribution >= 0.6 is 11.6 Å². The standard InChI is InChI=1S/C23H19ClN2O5/c1-15(27)25-17-8-6-16(7-9-17)23(29)30-14-22(28)26-18-10-12-19(13-11-18)31-21-5-3-2-4-20(21)24/h2-13H,14H2,1H3,(H,25,27)(H,26,28). The van der Waals surface area contributed by atoms with Crippen molar-refractivity contribution in [3.05, 3.63) is 83.4 Å². The van der Waals surface area contributed by atoms with Crippen molar-refractivity contribution in [2.45, 2.75) is 6.92 Å². The third-order valence-electron chi connectivity index (χ3n) is 3.98. The molecule has 0 fully saturated rings. The normalized spacial score (nSPS) is 10.1. The molecular weight excluding hydrogens is 420 g/mol. The Hall–Kier alpha value is -3.84. The largest absolute Gasteiger partial charge is 0.456 e. The van der Waals surface area contributed by atoms with Crippen molar-refractivity contribution in [3.63, 3.8) is 0 Å². The number of ether oxygens (including phenoxy) is 2. The van der Waals surface area contributed by atoms with Gasteiger partial charge in [-0.15, -0.1) is 0 Å². The quantitative estimate of drug-likeness (QED) is 0.512. The molecular formula is C23H19ClN2O5. The van der Waals surface area contributed by atoms with Crippen molar-refractivity contribution >= 4 is 40.8 Å². The van der Waals surface area contributed by atoms with E-state index >= 15 is 0 Å². The number of benzene rings is 3. The predicted octanol–water partition coefficient (Wildman–Crippen LogP) is 4.89. The lowest BCUT2D eigenvalue weighted by Gasteiger charge is -2.09. The van der Waals surface area contributed by atoms with Crippen LogP contribution < -0.4 is 15.4 Å². The number of carbonyl (C=O) groups is 3. The Balaban J connectivity index is 1.48. The van der Waals surface area contributed by atoms with Gasteiger partial charge in [-0.25, -0.2) is 4.79 Å². The summed E-state index contributed by atoms with van der Waals surface area (Å²) < 4.78 is 10.7. The van der Waals surface area contributed by atoms with Crippen molar-refractivity contribution in [2.24, 2.45) is 0 Å². The summed E-state index contributed by atoms with van der Waals surface area (Å²) in [7, 11) is 0. The van der Waals surface area contributed by atoms with E-state index < -0.39 is 18.5 Å². The maximum absolute atomic E-state index is 12.1. The minimum Gasteiger partial charge on any atom is -0.456 e. The maximum atomic E-state index is 12.1. The number of rotatable bonds is 7. The van der Waals surface area contributed by atoms with Gasteiger partial charge >= 0.3 is 5.97 Å². The lowest BCUT2D eigenvalue weighted by molar-refractivity contribution is -0.119. The summed E-state index contributed by atoms with van der Waals surface area (Å²) in [5.41, 5.74) is 1.35. The molecule has 8 heteroatoms. The van der Waals surface area contributed by atoms with Gasteiger partial charge in [-0.2, -0.15) is 0 Å². The summed E-state index contributed by atoms with van der Waals surface area (Å²) in [4.78, 5) is 35.1. The Bertz CT molecular complexity index is 1080. The molecule has 0 radical (unpaired) electrons. The highest BCUT2D eigenvalue weighted by atomic mass is 35.5. The molecule has 0 atom stereocenters. The monoisotopic (exact) mass is 438 g/mol. The van der Waals surface area contributed by atoms with Crippen LogP contribution in [0, 0.1) is 0 Å². The van der Waals surface area contributed by atoms with Crippen LogP contribution in [0.5, 0.6) is 11.5 Å². The molecule has 0 spiro atoms. The first-order chi connectivity index (χ1) is 14.9. The average molecular weight is 439 g/mol. The minimum atomic E-state index is -0.645. The van der Waals surface area contributed by atoms with Gasteiger partial charge in [-0.3, -0.25) is 9.59 Å². The van der Waals surface area contributed by atoms with E-state index in [-0.39, 0.29) is 11.5 Å². The second-order valence-electron chi connectivity index (χ2n) is 6.44. The topological polar surface area (TPSA) is 93.7 Å². The van der Waals surface area contributed by atoms with Crippen molar-refractivity contribution in [2.75, 3.05) is 17.2 Å². The minimum absolute atomic E-state index is 0.213. The van der Waals surface area contributed by atoms with Gasteiger partial charge in [0.1, 0.15) is 11.5 Å². The summed E-state index contributed by atoms with van der Waals surface area (Å²) in [6.07, 6.45) is 0. The number of para-hydroxylation sites is 1. The number of hydrogen-bond donors (Lipinski definition) is 2. The second kappa shape index (κ2) is 10.3. The van der Waals surface area contributed by atoms with Gasteiger partial charge in [-0.1, -0.05) is 23.7 Å². The number of nitrogens with one attached hydrogen (secondary N) is 2. The van der Waals surface area contributed by atoms with Crippen LogP contribution in [-0.4, -0.2) is 24.4 Å². The summed E-state index contributed by atoms with van der Waals surface area (Å²) in [6.45, 7) is 0.949. The van der Waals surface area contributed by atoms with E-state index in [4.69, 9.17) is 21.1 Å². The summed E-state index contributed by atoms with van der Waals surface area (Å²) >= 11 is 6.07. The highest BCUT2D eigenvalue weighted by Crippen LogP contribution is 2.29. The Labute approximate surface area is 183 Å². The maximum Gasteiger partial charge on any atom is 0.338 e. The fourth-order valence-electron chi connectivity index (χ4n) is 2.57. The molecule has 0 bridgehead atoms. The fraction of sp³-hybridized carbons (Fsp3) is 0.0870. The first kappa shape index (κ1) is 21.9. The molecule has 2 N–H and O–H groups in total. The van der Waals surface area contributed by atoms with E-state index in [2.05, 4.69) is 10.6 Å². The average Bonchev–Trinajstić information content (AvgIpc) is 2.75. The molecule has 0 aliphatic heterocycles. The Morgan fingerprint density at radius 2 is 1.45 bits per heavy atom. The third kappa shape index (κ3) is 6.58. The van der Waals surface area contributed by atoms with E-state index in [0.717, 1.165) is 0 Å². The van der Waals surface area contributed by atoms with Gasteiger partial charge in [0.15, 0.2) is 6.61 Å². The van der Waals surface area contributed by atoms with Crippen molar-refractivity contribution in [3.8, 4) is 11.5 Å². The summed E-state index contributed by atoms with van der Waals surface area (Å²) in [5.74, 6) is -0.260. The summed E-state index contributed by atoms with van der Waals surface area (Å²) in [6, 6.07) is 19.9. The molecule has 0 aromatic heterocycles. The number of amides is 2. The van der Waals surface area contributed by atoms with E-state index in [0.29, 0.717) is 27.9 Å². The fourth-order valence-corrected chi connectivity index (χ4v) is 2.74. The van der Waals surface area contributed by atoms with Crippen LogP contribution in [0.15, 0.2) is 72.8 Å². The molecule has 7 nitrogen and oxygen atoms in total. The Kier molecular flexibility index (Phi) is 7.24. The first-order valence-corrected chi connectivity index (χ1v) is 9.65. The van der Waals surface area contributed by atoms with Crippen LogP contribution in [0.2, 0.25) is 5.02 Å². The molecule has 0 aliphatic carbocycles. The van der Waals surface area contributed by atoms with Gasteiger partial charge in [-0.05, 0) is 60.7 Å². The van der Waals surface area contributed by atoms with Crippen LogP contribution in [0.3, 0.4) is 0 Å². The Morgan fingerprint density at radius 3 is 2.10 bits per heavy atom. The molecule has 0 heterocycles. The van der Waals surface area contributed by atoms with E-state index in [1.54, 1.807) is 48.5 Å². The van der Waals surface area contributed by atoms with Crippen LogP contribution in [0.1, 0.15) is 17.3 Å². The SMILES string of the molecule is CC(=O)Nc1ccc(C(=O)OCC(=O)Nc2ccc(Oc3ccccc3Cl)cc2)cc1. The van der Waals surface area contributed by atoms with E-state index in [9.17, 15) is 14.4 Å². The summed E-state index contributed by atoms with van der Waals surface area (Å²) in [5, 5.41) is 5.73. The number of halogens is 1. The number of esters is 1. The molecule has 3 aromatic rings. The molecule has 3 rings (SSSR count). The van der Waals surface area contributed by atoms with Gasteiger partial charge < -0.3 is 20.1 Å². The van der Waals surface area contributed by atoms with Crippen molar-refractivity contribution in [1.82, 2.24) is 0 Å². The first-order valence-electron chi connectivity index (χ1n) is 9.28. The number of anilines is 2. The highest BCUT2D eigenvalue weighted by molar-refractivity contribution is 6.32. The number of hydrogen-bond acceptors (Lipinski definition) is 5. The van der Waals surface area contributed by atoms with Gasteiger partial charge in [0.05, 0.1) is 10.6 Å². The predicted molar refractivity (Wildman–Crippen MR) is 118 cm³/mol. The molecule has 158 valence electrons. The van der Waals surface area contributed by atoms with Crippen LogP contribution in [0.4, 0.5) is 11.4 Å².